The van der Waals surface area contributed by atoms with Crippen molar-refractivity contribution in [2.45, 2.75) is 22.8 Å². The Morgan fingerprint density at radius 2 is 1.82 bits per heavy atom. The minimum Gasteiger partial charge on any atom is -0.455 e. The molecule has 0 bridgehead atoms. The normalized spacial score (nSPS) is 14.5. The summed E-state index contributed by atoms with van der Waals surface area (Å²) in [5.74, 6) is 1.76. The molecule has 0 saturated carbocycles. The zero-order valence-electron chi connectivity index (χ0n) is 9.38. The molecule has 1 unspecified atom stereocenters. The minimum atomic E-state index is -0.446. The lowest BCUT2D eigenvalue weighted by molar-refractivity contribution is 0.199. The van der Waals surface area contributed by atoms with Crippen LogP contribution < -0.4 is 4.74 Å². The van der Waals surface area contributed by atoms with Gasteiger partial charge in [-0.3, -0.25) is 0 Å². The molecule has 0 aliphatic carbocycles. The molecule has 1 N–H and O–H groups in total. The topological polar surface area (TPSA) is 29.5 Å². The molecule has 1 atom stereocenters. The van der Waals surface area contributed by atoms with Crippen LogP contribution in [0.1, 0.15) is 18.6 Å². The molecule has 2 aromatic carbocycles. The Balaban J connectivity index is 2.03. The molecule has 3 rings (SSSR count). The van der Waals surface area contributed by atoms with Gasteiger partial charge in [0, 0.05) is 0 Å². The maximum absolute atomic E-state index is 9.57. The molecule has 3 heteroatoms. The van der Waals surface area contributed by atoms with Gasteiger partial charge >= 0.3 is 0 Å². The number of rotatable bonds is 1. The first-order valence-electron chi connectivity index (χ1n) is 5.51. The lowest BCUT2D eigenvalue weighted by Gasteiger charge is -2.20. The lowest BCUT2D eigenvalue weighted by atomic mass is 10.1. The number of hydrogen-bond acceptors (Lipinski definition) is 3. The first-order chi connectivity index (χ1) is 8.24. The first-order valence-corrected chi connectivity index (χ1v) is 6.32. The van der Waals surface area contributed by atoms with Crippen LogP contribution in [0.4, 0.5) is 0 Å². The molecule has 86 valence electrons. The van der Waals surface area contributed by atoms with Crippen LogP contribution in [-0.2, 0) is 0 Å². The van der Waals surface area contributed by atoms with Gasteiger partial charge in [0.1, 0.15) is 11.5 Å². The number of para-hydroxylation sites is 1. The third-order valence-electron chi connectivity index (χ3n) is 2.74. The summed E-state index contributed by atoms with van der Waals surface area (Å²) in [6.07, 6.45) is -0.446. The first kappa shape index (κ1) is 10.7. The third kappa shape index (κ3) is 1.92. The van der Waals surface area contributed by atoms with Crippen molar-refractivity contribution in [2.75, 3.05) is 0 Å². The molecule has 2 nitrogen and oxygen atoms in total. The molecule has 0 saturated heterocycles. The SMILES string of the molecule is CC(O)c1ccc2c(c1)Sc1ccccc1O2. The summed E-state index contributed by atoms with van der Waals surface area (Å²) in [4.78, 5) is 2.17. The maximum atomic E-state index is 9.57. The van der Waals surface area contributed by atoms with Gasteiger partial charge in [-0.1, -0.05) is 30.0 Å². The van der Waals surface area contributed by atoms with Gasteiger partial charge in [-0.25, -0.2) is 0 Å². The van der Waals surface area contributed by atoms with Crippen molar-refractivity contribution < 1.29 is 9.84 Å². The van der Waals surface area contributed by atoms with E-state index in [1.54, 1.807) is 18.7 Å². The molecule has 0 aromatic heterocycles. The Morgan fingerprint density at radius 1 is 1.06 bits per heavy atom. The number of benzene rings is 2. The van der Waals surface area contributed by atoms with E-state index in [-0.39, 0.29) is 0 Å². The van der Waals surface area contributed by atoms with Crippen molar-refractivity contribution in [2.24, 2.45) is 0 Å². The second-order valence-electron chi connectivity index (χ2n) is 4.03. The standard InChI is InChI=1S/C14H12O2S/c1-9(15)10-6-7-12-14(8-10)17-13-5-3-2-4-11(13)16-12/h2-9,15H,1H3. The highest BCUT2D eigenvalue weighted by atomic mass is 32.2. The molecule has 1 aliphatic heterocycles. The number of fused-ring (bicyclic) bond motifs is 2. The molecule has 0 radical (unpaired) electrons. The van der Waals surface area contributed by atoms with Crippen LogP contribution in [-0.4, -0.2) is 5.11 Å². The van der Waals surface area contributed by atoms with E-state index in [2.05, 4.69) is 0 Å². The highest BCUT2D eigenvalue weighted by Gasteiger charge is 2.18. The maximum Gasteiger partial charge on any atom is 0.141 e. The predicted octanol–water partition coefficient (Wildman–Crippen LogP) is 4.00. The van der Waals surface area contributed by atoms with Crippen LogP contribution in [0, 0.1) is 0 Å². The fourth-order valence-electron chi connectivity index (χ4n) is 1.80. The van der Waals surface area contributed by atoms with Gasteiger partial charge in [0.15, 0.2) is 0 Å². The van der Waals surface area contributed by atoms with Crippen molar-refractivity contribution >= 4 is 11.8 Å². The largest absolute Gasteiger partial charge is 0.455 e. The van der Waals surface area contributed by atoms with E-state index in [1.807, 2.05) is 42.5 Å². The Bertz CT molecular complexity index is 564. The van der Waals surface area contributed by atoms with Crippen LogP contribution >= 0.6 is 11.8 Å². The van der Waals surface area contributed by atoms with Gasteiger partial charge in [-0.05, 0) is 36.8 Å². The zero-order valence-corrected chi connectivity index (χ0v) is 10.2. The van der Waals surface area contributed by atoms with Crippen molar-refractivity contribution in [3.63, 3.8) is 0 Å². The molecule has 17 heavy (non-hydrogen) atoms. The molecule has 0 amide bonds. The van der Waals surface area contributed by atoms with Crippen molar-refractivity contribution in [1.29, 1.82) is 0 Å². The monoisotopic (exact) mass is 244 g/mol. The second-order valence-corrected chi connectivity index (χ2v) is 5.12. The van der Waals surface area contributed by atoms with E-state index >= 15 is 0 Å². The van der Waals surface area contributed by atoms with E-state index < -0.39 is 6.10 Å². The van der Waals surface area contributed by atoms with Crippen LogP contribution in [0.3, 0.4) is 0 Å². The molecular weight excluding hydrogens is 232 g/mol. The van der Waals surface area contributed by atoms with Crippen molar-refractivity contribution in [3.05, 3.63) is 48.0 Å². The lowest BCUT2D eigenvalue weighted by Crippen LogP contribution is -1.97. The Morgan fingerprint density at radius 3 is 2.65 bits per heavy atom. The molecule has 0 spiro atoms. The third-order valence-corrected chi connectivity index (χ3v) is 3.84. The molecule has 1 heterocycles. The van der Waals surface area contributed by atoms with Gasteiger partial charge < -0.3 is 9.84 Å². The van der Waals surface area contributed by atoms with E-state index in [0.717, 1.165) is 26.9 Å². The number of hydrogen-bond donors (Lipinski definition) is 1. The quantitative estimate of drug-likeness (QED) is 0.701. The van der Waals surface area contributed by atoms with Gasteiger partial charge in [-0.2, -0.15) is 0 Å². The van der Waals surface area contributed by atoms with Crippen LogP contribution in [0.2, 0.25) is 0 Å². The second kappa shape index (κ2) is 4.09. The summed E-state index contributed by atoms with van der Waals surface area (Å²) in [6.45, 7) is 1.77. The van der Waals surface area contributed by atoms with Crippen LogP contribution in [0.5, 0.6) is 11.5 Å². The number of aliphatic hydroxyl groups excluding tert-OH is 1. The fraction of sp³-hybridized carbons (Fsp3) is 0.143. The van der Waals surface area contributed by atoms with Crippen molar-refractivity contribution in [3.8, 4) is 11.5 Å². The zero-order chi connectivity index (χ0) is 11.8. The van der Waals surface area contributed by atoms with Gasteiger partial charge in [0.25, 0.3) is 0 Å². The summed E-state index contributed by atoms with van der Waals surface area (Å²) >= 11 is 1.68. The predicted molar refractivity (Wildman–Crippen MR) is 67.7 cm³/mol. The summed E-state index contributed by atoms with van der Waals surface area (Å²) in [5, 5.41) is 9.57. The Hall–Kier alpha value is -1.45. The smallest absolute Gasteiger partial charge is 0.141 e. The molecular formula is C14H12O2S. The summed E-state index contributed by atoms with van der Waals surface area (Å²) in [5.41, 5.74) is 0.916. The number of aliphatic hydroxyl groups is 1. The van der Waals surface area contributed by atoms with Crippen molar-refractivity contribution in [1.82, 2.24) is 0 Å². The average molecular weight is 244 g/mol. The van der Waals surface area contributed by atoms with E-state index in [9.17, 15) is 5.11 Å². The van der Waals surface area contributed by atoms with E-state index in [4.69, 9.17) is 4.74 Å². The molecule has 2 aromatic rings. The fourth-order valence-corrected chi connectivity index (χ4v) is 2.80. The molecule has 1 aliphatic rings. The van der Waals surface area contributed by atoms with E-state index in [1.165, 1.54) is 0 Å². The van der Waals surface area contributed by atoms with E-state index in [0.29, 0.717) is 0 Å². The highest BCUT2D eigenvalue weighted by molar-refractivity contribution is 7.99. The van der Waals surface area contributed by atoms with Gasteiger partial charge in [0.2, 0.25) is 0 Å². The summed E-state index contributed by atoms with van der Waals surface area (Å²) in [6, 6.07) is 13.8. The molecule has 0 fully saturated rings. The summed E-state index contributed by atoms with van der Waals surface area (Å²) < 4.78 is 5.81. The summed E-state index contributed by atoms with van der Waals surface area (Å²) in [7, 11) is 0. The van der Waals surface area contributed by atoms with Crippen LogP contribution in [0.15, 0.2) is 52.3 Å². The number of ether oxygens (including phenoxy) is 1. The highest BCUT2D eigenvalue weighted by Crippen LogP contribution is 2.47. The van der Waals surface area contributed by atoms with Gasteiger partial charge in [-0.15, -0.1) is 0 Å². The van der Waals surface area contributed by atoms with Gasteiger partial charge in [0.05, 0.1) is 15.9 Å². The average Bonchev–Trinajstić information content (AvgIpc) is 2.35. The minimum absolute atomic E-state index is 0.446. The Labute approximate surface area is 104 Å². The Kier molecular flexibility index (Phi) is 2.57. The van der Waals surface area contributed by atoms with Crippen LogP contribution in [0.25, 0.3) is 0 Å².